The molecule has 2 aromatic carbocycles. The van der Waals surface area contributed by atoms with E-state index in [0.717, 1.165) is 16.6 Å². The molecule has 0 saturated carbocycles. The molecule has 2 unspecified atom stereocenters. The van der Waals surface area contributed by atoms with Gasteiger partial charge in [-0.25, -0.2) is 0 Å². The molecule has 0 spiro atoms. The number of ketones is 1. The van der Waals surface area contributed by atoms with Crippen molar-refractivity contribution in [1.82, 2.24) is 0 Å². The molecule has 5 nitrogen and oxygen atoms in total. The van der Waals surface area contributed by atoms with Gasteiger partial charge in [0.1, 0.15) is 0 Å². The Bertz CT molecular complexity index is 876. The standard InChI is InChI=1S/C22H22BrNO4/c1-3-15-4-10-19(11-5-15)24-13-17(12-20(24)25)22(27)28-14(2)21(26)16-6-8-18(23)9-7-16/h4-11,14,17H,3,12-13H2,1-2H3. The molecule has 1 heterocycles. The number of aryl methyl sites for hydroxylation is 1. The molecule has 3 rings (SSSR count). The minimum Gasteiger partial charge on any atom is -0.454 e. The van der Waals surface area contributed by atoms with Gasteiger partial charge in [0, 0.05) is 28.7 Å². The van der Waals surface area contributed by atoms with Gasteiger partial charge in [-0.05, 0) is 43.2 Å². The zero-order chi connectivity index (χ0) is 20.3. The fourth-order valence-electron chi connectivity index (χ4n) is 3.20. The molecule has 1 saturated heterocycles. The lowest BCUT2D eigenvalue weighted by Gasteiger charge is -2.18. The van der Waals surface area contributed by atoms with E-state index < -0.39 is 18.0 Å². The van der Waals surface area contributed by atoms with Crippen LogP contribution >= 0.6 is 15.9 Å². The van der Waals surface area contributed by atoms with E-state index >= 15 is 0 Å². The third kappa shape index (κ3) is 4.50. The summed E-state index contributed by atoms with van der Waals surface area (Å²) in [5.74, 6) is -1.47. The molecule has 28 heavy (non-hydrogen) atoms. The number of amides is 1. The summed E-state index contributed by atoms with van der Waals surface area (Å²) in [5.41, 5.74) is 2.44. The van der Waals surface area contributed by atoms with E-state index in [1.54, 1.807) is 36.1 Å². The minimum atomic E-state index is -0.901. The molecular weight excluding hydrogens is 422 g/mol. The molecule has 0 aliphatic carbocycles. The topological polar surface area (TPSA) is 63.7 Å². The normalized spacial score (nSPS) is 17.5. The summed E-state index contributed by atoms with van der Waals surface area (Å²) in [5, 5.41) is 0. The molecule has 1 fully saturated rings. The second-order valence-corrected chi connectivity index (χ2v) is 7.79. The molecule has 1 aliphatic heterocycles. The van der Waals surface area contributed by atoms with Crippen LogP contribution in [0.1, 0.15) is 36.2 Å². The van der Waals surface area contributed by atoms with Crippen molar-refractivity contribution < 1.29 is 19.1 Å². The molecule has 1 aliphatic rings. The molecule has 146 valence electrons. The van der Waals surface area contributed by atoms with Crippen LogP contribution in [-0.2, 0) is 20.7 Å². The second-order valence-electron chi connectivity index (χ2n) is 6.88. The average molecular weight is 444 g/mol. The van der Waals surface area contributed by atoms with Crippen molar-refractivity contribution in [2.24, 2.45) is 5.92 Å². The molecule has 0 N–H and O–H groups in total. The fraction of sp³-hybridized carbons (Fsp3) is 0.318. The van der Waals surface area contributed by atoms with Gasteiger partial charge in [0.25, 0.3) is 0 Å². The van der Waals surface area contributed by atoms with Gasteiger partial charge in [-0.15, -0.1) is 0 Å². The van der Waals surface area contributed by atoms with E-state index in [9.17, 15) is 14.4 Å². The zero-order valence-corrected chi connectivity index (χ0v) is 17.4. The van der Waals surface area contributed by atoms with Gasteiger partial charge in [0.15, 0.2) is 6.10 Å². The Morgan fingerprint density at radius 1 is 1.14 bits per heavy atom. The highest BCUT2D eigenvalue weighted by Gasteiger charge is 2.37. The van der Waals surface area contributed by atoms with Crippen LogP contribution in [0.4, 0.5) is 5.69 Å². The van der Waals surface area contributed by atoms with Crippen molar-refractivity contribution in [3.05, 3.63) is 64.1 Å². The quantitative estimate of drug-likeness (QED) is 0.496. The van der Waals surface area contributed by atoms with Gasteiger partial charge >= 0.3 is 5.97 Å². The molecule has 6 heteroatoms. The maximum Gasteiger partial charge on any atom is 0.312 e. The van der Waals surface area contributed by atoms with E-state index in [1.165, 1.54) is 5.56 Å². The van der Waals surface area contributed by atoms with E-state index in [-0.39, 0.29) is 24.7 Å². The van der Waals surface area contributed by atoms with Crippen LogP contribution in [0.15, 0.2) is 53.0 Å². The van der Waals surface area contributed by atoms with Gasteiger partial charge in [0.2, 0.25) is 11.7 Å². The summed E-state index contributed by atoms with van der Waals surface area (Å²) in [7, 11) is 0. The molecular formula is C22H22BrNO4. The summed E-state index contributed by atoms with van der Waals surface area (Å²) in [6, 6.07) is 14.6. The van der Waals surface area contributed by atoms with Crippen LogP contribution in [0.3, 0.4) is 0 Å². The van der Waals surface area contributed by atoms with E-state index in [0.29, 0.717) is 5.56 Å². The number of halogens is 1. The number of carbonyl (C=O) groups is 3. The first kappa shape index (κ1) is 20.3. The lowest BCUT2D eigenvalue weighted by atomic mass is 10.1. The Kier molecular flexibility index (Phi) is 6.29. The van der Waals surface area contributed by atoms with Gasteiger partial charge in [-0.2, -0.15) is 0 Å². The van der Waals surface area contributed by atoms with Gasteiger partial charge < -0.3 is 9.64 Å². The summed E-state index contributed by atoms with van der Waals surface area (Å²) in [6.07, 6.45) is 0.114. The summed E-state index contributed by atoms with van der Waals surface area (Å²) in [4.78, 5) is 38.9. The van der Waals surface area contributed by atoms with Crippen molar-refractivity contribution >= 4 is 39.3 Å². The van der Waals surface area contributed by atoms with Crippen LogP contribution < -0.4 is 4.90 Å². The third-order valence-electron chi connectivity index (χ3n) is 4.91. The lowest BCUT2D eigenvalue weighted by Crippen LogP contribution is -2.30. The first-order valence-electron chi connectivity index (χ1n) is 9.28. The number of nitrogens with zero attached hydrogens (tertiary/aromatic N) is 1. The maximum absolute atomic E-state index is 12.5. The number of hydrogen-bond donors (Lipinski definition) is 0. The SMILES string of the molecule is CCc1ccc(N2CC(C(=O)OC(C)C(=O)c3ccc(Br)cc3)CC2=O)cc1. The highest BCUT2D eigenvalue weighted by atomic mass is 79.9. The molecule has 0 aromatic heterocycles. The average Bonchev–Trinajstić information content (AvgIpc) is 3.10. The highest BCUT2D eigenvalue weighted by molar-refractivity contribution is 9.10. The Balaban J connectivity index is 1.62. The smallest absolute Gasteiger partial charge is 0.312 e. The fourth-order valence-corrected chi connectivity index (χ4v) is 3.46. The number of anilines is 1. The van der Waals surface area contributed by atoms with Gasteiger partial charge in [-0.1, -0.05) is 47.1 Å². The Morgan fingerprint density at radius 2 is 1.79 bits per heavy atom. The number of Topliss-reactive ketones (excluding diaryl/α,β-unsaturated/α-hetero) is 1. The van der Waals surface area contributed by atoms with Gasteiger partial charge in [0.05, 0.1) is 5.92 Å². The zero-order valence-electron chi connectivity index (χ0n) is 15.9. The first-order chi connectivity index (χ1) is 13.4. The van der Waals surface area contributed by atoms with Crippen molar-refractivity contribution in [3.63, 3.8) is 0 Å². The summed E-state index contributed by atoms with van der Waals surface area (Å²) in [6.45, 7) is 3.89. The second kappa shape index (κ2) is 8.69. The summed E-state index contributed by atoms with van der Waals surface area (Å²) < 4.78 is 6.24. The van der Waals surface area contributed by atoms with E-state index in [2.05, 4.69) is 22.9 Å². The van der Waals surface area contributed by atoms with Crippen molar-refractivity contribution in [3.8, 4) is 0 Å². The van der Waals surface area contributed by atoms with Crippen LogP contribution in [0.5, 0.6) is 0 Å². The third-order valence-corrected chi connectivity index (χ3v) is 5.43. The molecule has 2 aromatic rings. The number of hydrogen-bond acceptors (Lipinski definition) is 4. The van der Waals surface area contributed by atoms with Crippen LogP contribution in [-0.4, -0.2) is 30.3 Å². The molecule has 0 radical (unpaired) electrons. The monoisotopic (exact) mass is 443 g/mol. The largest absolute Gasteiger partial charge is 0.454 e. The lowest BCUT2D eigenvalue weighted by molar-refractivity contribution is -0.151. The minimum absolute atomic E-state index is 0.0908. The number of esters is 1. The highest BCUT2D eigenvalue weighted by Crippen LogP contribution is 2.27. The predicted molar refractivity (Wildman–Crippen MR) is 110 cm³/mol. The number of carbonyl (C=O) groups excluding carboxylic acids is 3. The molecule has 1 amide bonds. The van der Waals surface area contributed by atoms with Crippen molar-refractivity contribution in [2.75, 3.05) is 11.4 Å². The number of rotatable bonds is 6. The van der Waals surface area contributed by atoms with E-state index in [1.807, 2.05) is 24.3 Å². The van der Waals surface area contributed by atoms with E-state index in [4.69, 9.17) is 4.74 Å². The Morgan fingerprint density at radius 3 is 2.39 bits per heavy atom. The Labute approximate surface area is 172 Å². The number of ether oxygens (including phenoxy) is 1. The van der Waals surface area contributed by atoms with Crippen LogP contribution in [0.2, 0.25) is 0 Å². The maximum atomic E-state index is 12.5. The Hall–Kier alpha value is -2.47. The first-order valence-corrected chi connectivity index (χ1v) is 10.1. The number of benzene rings is 2. The molecule has 0 bridgehead atoms. The van der Waals surface area contributed by atoms with Gasteiger partial charge in [-0.3, -0.25) is 14.4 Å². The predicted octanol–water partition coefficient (Wildman–Crippen LogP) is 4.18. The molecule has 2 atom stereocenters. The van der Waals surface area contributed by atoms with Crippen LogP contribution in [0, 0.1) is 5.92 Å². The van der Waals surface area contributed by atoms with Crippen molar-refractivity contribution in [2.45, 2.75) is 32.8 Å². The summed E-state index contributed by atoms with van der Waals surface area (Å²) >= 11 is 3.32. The van der Waals surface area contributed by atoms with Crippen LogP contribution in [0.25, 0.3) is 0 Å². The van der Waals surface area contributed by atoms with Crippen molar-refractivity contribution in [1.29, 1.82) is 0 Å².